The summed E-state index contributed by atoms with van der Waals surface area (Å²) >= 11 is 0. The van der Waals surface area contributed by atoms with Gasteiger partial charge in [-0.15, -0.1) is 0 Å². The van der Waals surface area contributed by atoms with Gasteiger partial charge in [-0.3, -0.25) is 10.1 Å². The number of nitro benzene ring substituents is 1. The van der Waals surface area contributed by atoms with Gasteiger partial charge in [0.25, 0.3) is 5.69 Å². The molecule has 5 nitrogen and oxygen atoms in total. The fourth-order valence-electron chi connectivity index (χ4n) is 1.59. The average Bonchev–Trinajstić information content (AvgIpc) is 2.14. The minimum Gasteiger partial charge on any atom is -0.545 e. The molecular formula is C11H11FNO4-. The first-order valence-corrected chi connectivity index (χ1v) is 4.85. The molecule has 0 radical (unpaired) electrons. The Labute approximate surface area is 97.0 Å². The summed E-state index contributed by atoms with van der Waals surface area (Å²) in [6, 6.07) is 1.83. The maximum absolute atomic E-state index is 13.9. The van der Waals surface area contributed by atoms with Gasteiger partial charge in [-0.1, -0.05) is 20.8 Å². The van der Waals surface area contributed by atoms with Gasteiger partial charge in [0.1, 0.15) is 5.82 Å². The van der Waals surface area contributed by atoms with Gasteiger partial charge in [0.05, 0.1) is 16.5 Å². The van der Waals surface area contributed by atoms with E-state index in [1.165, 1.54) is 0 Å². The summed E-state index contributed by atoms with van der Waals surface area (Å²) in [6.07, 6.45) is 0. The monoisotopic (exact) mass is 240 g/mol. The number of halogens is 1. The van der Waals surface area contributed by atoms with E-state index in [1.54, 1.807) is 20.8 Å². The minimum atomic E-state index is -1.69. The van der Waals surface area contributed by atoms with Crippen LogP contribution in [0, 0.1) is 15.9 Å². The Morgan fingerprint density at radius 1 is 1.35 bits per heavy atom. The van der Waals surface area contributed by atoms with E-state index in [2.05, 4.69) is 0 Å². The molecule has 0 amide bonds. The lowest BCUT2D eigenvalue weighted by Gasteiger charge is -2.21. The molecule has 0 saturated carbocycles. The second-order valence-corrected chi connectivity index (χ2v) is 4.62. The van der Waals surface area contributed by atoms with Gasteiger partial charge >= 0.3 is 0 Å². The van der Waals surface area contributed by atoms with E-state index in [-0.39, 0.29) is 5.56 Å². The van der Waals surface area contributed by atoms with Crippen LogP contribution in [-0.2, 0) is 5.41 Å². The quantitative estimate of drug-likeness (QED) is 0.577. The molecule has 0 unspecified atom stereocenters. The summed E-state index contributed by atoms with van der Waals surface area (Å²) in [6.45, 7) is 4.70. The third-order valence-electron chi connectivity index (χ3n) is 2.29. The zero-order valence-electron chi connectivity index (χ0n) is 9.61. The van der Waals surface area contributed by atoms with Gasteiger partial charge < -0.3 is 9.90 Å². The smallest absolute Gasteiger partial charge is 0.276 e. The predicted octanol–water partition coefficient (Wildman–Crippen LogP) is 1.39. The van der Waals surface area contributed by atoms with Gasteiger partial charge in [0, 0.05) is 11.6 Å². The van der Waals surface area contributed by atoms with Crippen LogP contribution in [-0.4, -0.2) is 10.9 Å². The Morgan fingerprint density at radius 2 is 1.88 bits per heavy atom. The molecule has 1 aromatic rings. The summed E-state index contributed by atoms with van der Waals surface area (Å²) in [7, 11) is 0. The molecule has 0 N–H and O–H groups in total. The largest absolute Gasteiger partial charge is 0.545 e. The first-order valence-electron chi connectivity index (χ1n) is 4.85. The number of aromatic carboxylic acids is 1. The molecule has 92 valence electrons. The number of carboxylic acid groups (broad SMARTS) is 1. The van der Waals surface area contributed by atoms with E-state index in [1.807, 2.05) is 0 Å². The predicted molar refractivity (Wildman–Crippen MR) is 56.1 cm³/mol. The molecule has 0 aromatic heterocycles. The van der Waals surface area contributed by atoms with Crippen molar-refractivity contribution in [3.63, 3.8) is 0 Å². The number of carbonyl (C=O) groups is 1. The van der Waals surface area contributed by atoms with Crippen LogP contribution in [0.25, 0.3) is 0 Å². The number of carbonyl (C=O) groups excluding carboxylic acids is 1. The summed E-state index contributed by atoms with van der Waals surface area (Å²) < 4.78 is 13.9. The fraction of sp³-hybridized carbons (Fsp3) is 0.364. The van der Waals surface area contributed by atoms with Crippen LogP contribution in [0.15, 0.2) is 12.1 Å². The average molecular weight is 240 g/mol. The van der Waals surface area contributed by atoms with Gasteiger partial charge in [-0.05, 0) is 11.5 Å². The van der Waals surface area contributed by atoms with Crippen molar-refractivity contribution in [2.24, 2.45) is 0 Å². The Hall–Kier alpha value is -1.98. The second-order valence-electron chi connectivity index (χ2n) is 4.62. The third kappa shape index (κ3) is 2.41. The van der Waals surface area contributed by atoms with Crippen molar-refractivity contribution in [3.05, 3.63) is 39.2 Å². The number of hydrogen-bond acceptors (Lipinski definition) is 4. The minimum absolute atomic E-state index is 0.232. The number of benzene rings is 1. The summed E-state index contributed by atoms with van der Waals surface area (Å²) in [4.78, 5) is 20.7. The van der Waals surface area contributed by atoms with E-state index in [0.29, 0.717) is 0 Å². The highest BCUT2D eigenvalue weighted by Gasteiger charge is 2.30. The SMILES string of the molecule is CC(C)(C)c1c([N+](=O)[O-])ccc(C(=O)[O-])c1F. The van der Waals surface area contributed by atoms with Crippen LogP contribution < -0.4 is 5.11 Å². The highest BCUT2D eigenvalue weighted by molar-refractivity contribution is 5.87. The molecule has 1 rings (SSSR count). The number of nitrogens with zero attached hydrogens (tertiary/aromatic N) is 1. The van der Waals surface area contributed by atoms with Crippen molar-refractivity contribution in [1.29, 1.82) is 0 Å². The molecule has 17 heavy (non-hydrogen) atoms. The number of carboxylic acids is 1. The molecule has 0 heterocycles. The van der Waals surface area contributed by atoms with Crippen molar-refractivity contribution in [2.75, 3.05) is 0 Å². The molecule has 0 bridgehead atoms. The molecular weight excluding hydrogens is 229 g/mol. The van der Waals surface area contributed by atoms with Crippen LogP contribution in [0.5, 0.6) is 0 Å². The fourth-order valence-corrected chi connectivity index (χ4v) is 1.59. The van der Waals surface area contributed by atoms with Crippen LogP contribution in [0.2, 0.25) is 0 Å². The second kappa shape index (κ2) is 4.12. The van der Waals surface area contributed by atoms with Crippen LogP contribution in [0.3, 0.4) is 0 Å². The lowest BCUT2D eigenvalue weighted by molar-refractivity contribution is -0.386. The van der Waals surface area contributed by atoms with E-state index in [9.17, 15) is 24.4 Å². The van der Waals surface area contributed by atoms with Crippen molar-refractivity contribution in [2.45, 2.75) is 26.2 Å². The number of rotatable bonds is 2. The number of nitro groups is 1. The van der Waals surface area contributed by atoms with Gasteiger partial charge in [0.15, 0.2) is 0 Å². The molecule has 0 spiro atoms. The maximum Gasteiger partial charge on any atom is 0.276 e. The molecule has 6 heteroatoms. The molecule has 0 aliphatic rings. The molecule has 0 fully saturated rings. The zero-order chi connectivity index (χ0) is 13.4. The molecule has 0 atom stereocenters. The van der Waals surface area contributed by atoms with E-state index in [0.717, 1.165) is 12.1 Å². The summed E-state index contributed by atoms with van der Waals surface area (Å²) in [5.74, 6) is -2.80. The van der Waals surface area contributed by atoms with Crippen LogP contribution in [0.4, 0.5) is 10.1 Å². The van der Waals surface area contributed by atoms with E-state index >= 15 is 0 Å². The topological polar surface area (TPSA) is 83.3 Å². The summed E-state index contributed by atoms with van der Waals surface area (Å²) in [5.41, 5.74) is -2.21. The third-order valence-corrected chi connectivity index (χ3v) is 2.29. The lowest BCUT2D eigenvalue weighted by atomic mass is 9.84. The van der Waals surface area contributed by atoms with Crippen molar-refractivity contribution in [3.8, 4) is 0 Å². The molecule has 0 saturated heterocycles. The van der Waals surface area contributed by atoms with Crippen molar-refractivity contribution >= 4 is 11.7 Å². The van der Waals surface area contributed by atoms with Gasteiger partial charge in [-0.25, -0.2) is 4.39 Å². The highest BCUT2D eigenvalue weighted by atomic mass is 19.1. The Kier molecular flexibility index (Phi) is 3.17. The molecule has 0 aliphatic carbocycles. The number of hydrogen-bond donors (Lipinski definition) is 0. The van der Waals surface area contributed by atoms with Crippen molar-refractivity contribution in [1.82, 2.24) is 0 Å². The Morgan fingerprint density at radius 3 is 2.24 bits per heavy atom. The Bertz CT molecular complexity index is 491. The molecule has 1 aromatic carbocycles. The van der Waals surface area contributed by atoms with Gasteiger partial charge in [-0.2, -0.15) is 0 Å². The maximum atomic E-state index is 13.9. The zero-order valence-corrected chi connectivity index (χ0v) is 9.61. The normalized spacial score (nSPS) is 11.3. The molecule has 0 aliphatic heterocycles. The van der Waals surface area contributed by atoms with E-state index in [4.69, 9.17) is 0 Å². The standard InChI is InChI=1S/C11H12FNO4/c1-11(2,3)8-7(13(16)17)5-4-6(9(8)12)10(14)15/h4-5H,1-3H3,(H,14,15)/p-1. The van der Waals surface area contributed by atoms with Gasteiger partial charge in [0.2, 0.25) is 0 Å². The van der Waals surface area contributed by atoms with Crippen LogP contribution in [0.1, 0.15) is 36.7 Å². The van der Waals surface area contributed by atoms with Crippen LogP contribution >= 0.6 is 0 Å². The summed E-state index contributed by atoms with van der Waals surface area (Å²) in [5, 5.41) is 21.4. The van der Waals surface area contributed by atoms with Crippen molar-refractivity contribution < 1.29 is 19.2 Å². The Balaban J connectivity index is 3.65. The highest BCUT2D eigenvalue weighted by Crippen LogP contribution is 2.34. The first-order chi connectivity index (χ1) is 7.66. The lowest BCUT2D eigenvalue weighted by Crippen LogP contribution is -2.26. The van der Waals surface area contributed by atoms with E-state index < -0.39 is 33.4 Å². The first kappa shape index (κ1) is 13.1.